The fourth-order valence-corrected chi connectivity index (χ4v) is 0.613. The molecule has 1 N–H and O–H groups in total. The number of aromatic nitrogens is 2. The summed E-state index contributed by atoms with van der Waals surface area (Å²) in [6.07, 6.45) is 3.54. The van der Waals surface area contributed by atoms with Crippen LogP contribution in [-0.4, -0.2) is 23.3 Å². The van der Waals surface area contributed by atoms with Gasteiger partial charge in [-0.3, -0.25) is 9.89 Å². The lowest BCUT2D eigenvalue weighted by atomic mass is 10.3. The van der Waals surface area contributed by atoms with E-state index in [9.17, 15) is 4.79 Å². The summed E-state index contributed by atoms with van der Waals surface area (Å²) < 4.78 is 4.44. The molecule has 1 heterocycles. The monoisotopic (exact) mass is 176 g/mol. The van der Waals surface area contributed by atoms with Crippen molar-refractivity contribution in [1.82, 2.24) is 10.2 Å². The van der Waals surface area contributed by atoms with Crippen molar-refractivity contribution in [3.8, 4) is 0 Å². The molecule has 0 amide bonds. The highest BCUT2D eigenvalue weighted by atomic mass is 35.5. The number of esters is 1. The van der Waals surface area contributed by atoms with Crippen molar-refractivity contribution in [3.63, 3.8) is 0 Å². The summed E-state index contributed by atoms with van der Waals surface area (Å²) in [7, 11) is 1.36. The smallest absolute Gasteiger partial charge is 0.310 e. The van der Waals surface area contributed by atoms with Crippen LogP contribution in [-0.2, 0) is 16.0 Å². The van der Waals surface area contributed by atoms with Crippen LogP contribution in [0.5, 0.6) is 0 Å². The van der Waals surface area contributed by atoms with Gasteiger partial charge in [-0.1, -0.05) is 0 Å². The zero-order valence-corrected chi connectivity index (χ0v) is 6.85. The van der Waals surface area contributed by atoms with Crippen molar-refractivity contribution in [1.29, 1.82) is 0 Å². The summed E-state index contributed by atoms with van der Waals surface area (Å²) in [6, 6.07) is 0. The van der Waals surface area contributed by atoms with Gasteiger partial charge in [0.05, 0.1) is 19.7 Å². The Morgan fingerprint density at radius 2 is 2.55 bits per heavy atom. The van der Waals surface area contributed by atoms with Crippen LogP contribution in [0.15, 0.2) is 12.4 Å². The SMILES string of the molecule is COC(=O)Cc1cn[nH]c1.Cl. The second kappa shape index (κ2) is 4.73. The van der Waals surface area contributed by atoms with Gasteiger partial charge in [0.25, 0.3) is 0 Å². The molecule has 1 rings (SSSR count). The first kappa shape index (κ1) is 9.97. The molecule has 1 aromatic rings. The molecule has 0 spiro atoms. The van der Waals surface area contributed by atoms with Crippen LogP contribution in [0, 0.1) is 0 Å². The molecule has 0 bridgehead atoms. The van der Waals surface area contributed by atoms with E-state index >= 15 is 0 Å². The number of carbonyl (C=O) groups excluding carboxylic acids is 1. The molecule has 0 atom stereocenters. The lowest BCUT2D eigenvalue weighted by Gasteiger charge is -1.92. The number of hydrogen-bond donors (Lipinski definition) is 1. The van der Waals surface area contributed by atoms with Crippen LogP contribution >= 0.6 is 12.4 Å². The van der Waals surface area contributed by atoms with Crippen molar-refractivity contribution in [2.75, 3.05) is 7.11 Å². The number of H-pyrrole nitrogens is 1. The number of halogens is 1. The molecule has 5 heteroatoms. The molecule has 0 unspecified atom stereocenters. The van der Waals surface area contributed by atoms with Crippen LogP contribution in [0.3, 0.4) is 0 Å². The summed E-state index contributed by atoms with van der Waals surface area (Å²) in [5.41, 5.74) is 0.840. The standard InChI is InChI=1S/C6H8N2O2.ClH/c1-10-6(9)2-5-3-7-8-4-5;/h3-4H,2H2,1H3,(H,7,8);1H. The molecule has 11 heavy (non-hydrogen) atoms. The predicted octanol–water partition coefficient (Wildman–Crippen LogP) is 0.547. The van der Waals surface area contributed by atoms with Gasteiger partial charge in [0, 0.05) is 11.8 Å². The van der Waals surface area contributed by atoms with Gasteiger partial charge in [-0.2, -0.15) is 5.10 Å². The van der Waals surface area contributed by atoms with Gasteiger partial charge in [-0.15, -0.1) is 12.4 Å². The van der Waals surface area contributed by atoms with Gasteiger partial charge in [-0.25, -0.2) is 0 Å². The van der Waals surface area contributed by atoms with Crippen LogP contribution in [0.2, 0.25) is 0 Å². The number of hydrogen-bond acceptors (Lipinski definition) is 3. The maximum atomic E-state index is 10.6. The van der Waals surface area contributed by atoms with Gasteiger partial charge < -0.3 is 4.74 Å². The molecule has 0 aromatic carbocycles. The molecule has 0 aliphatic rings. The van der Waals surface area contributed by atoms with E-state index in [0.29, 0.717) is 0 Å². The van der Waals surface area contributed by atoms with Gasteiger partial charge in [0.2, 0.25) is 0 Å². The van der Waals surface area contributed by atoms with E-state index in [0.717, 1.165) is 5.56 Å². The Balaban J connectivity index is 0.000001000. The van der Waals surface area contributed by atoms with Crippen molar-refractivity contribution in [2.24, 2.45) is 0 Å². The maximum Gasteiger partial charge on any atom is 0.310 e. The summed E-state index contributed by atoms with van der Waals surface area (Å²) in [5, 5.41) is 6.28. The van der Waals surface area contributed by atoms with Gasteiger partial charge in [0.1, 0.15) is 0 Å². The third-order valence-electron chi connectivity index (χ3n) is 1.13. The summed E-state index contributed by atoms with van der Waals surface area (Å²) in [5.74, 6) is -0.249. The highest BCUT2D eigenvalue weighted by molar-refractivity contribution is 5.85. The normalized spacial score (nSPS) is 8.45. The summed E-state index contributed by atoms with van der Waals surface area (Å²) in [6.45, 7) is 0. The number of methoxy groups -OCH3 is 1. The van der Waals surface area contributed by atoms with Crippen molar-refractivity contribution in [2.45, 2.75) is 6.42 Å². The molecular weight excluding hydrogens is 168 g/mol. The third kappa shape index (κ3) is 3.04. The van der Waals surface area contributed by atoms with Gasteiger partial charge in [0.15, 0.2) is 0 Å². The molecule has 0 saturated heterocycles. The highest BCUT2D eigenvalue weighted by Crippen LogP contribution is 1.95. The van der Waals surface area contributed by atoms with E-state index in [4.69, 9.17) is 0 Å². The second-order valence-corrected chi connectivity index (χ2v) is 1.86. The van der Waals surface area contributed by atoms with E-state index in [2.05, 4.69) is 14.9 Å². The molecule has 0 aliphatic carbocycles. The first-order chi connectivity index (χ1) is 4.83. The number of rotatable bonds is 2. The van der Waals surface area contributed by atoms with Crippen LogP contribution in [0.25, 0.3) is 0 Å². The van der Waals surface area contributed by atoms with Crippen molar-refractivity contribution in [3.05, 3.63) is 18.0 Å². The highest BCUT2D eigenvalue weighted by Gasteiger charge is 2.01. The lowest BCUT2D eigenvalue weighted by molar-refractivity contribution is -0.139. The van der Waals surface area contributed by atoms with Crippen LogP contribution in [0.1, 0.15) is 5.56 Å². The fraction of sp³-hybridized carbons (Fsp3) is 0.333. The average molecular weight is 177 g/mol. The average Bonchev–Trinajstić information content (AvgIpc) is 2.40. The van der Waals surface area contributed by atoms with Crippen molar-refractivity contribution < 1.29 is 9.53 Å². The molecule has 0 aliphatic heterocycles. The molecule has 0 saturated carbocycles. The van der Waals surface area contributed by atoms with E-state index in [1.165, 1.54) is 7.11 Å². The first-order valence-corrected chi connectivity index (χ1v) is 2.87. The second-order valence-electron chi connectivity index (χ2n) is 1.86. The Morgan fingerprint density at radius 1 is 1.82 bits per heavy atom. The minimum atomic E-state index is -0.249. The predicted molar refractivity (Wildman–Crippen MR) is 41.6 cm³/mol. The number of aromatic amines is 1. The Hall–Kier alpha value is -1.03. The van der Waals surface area contributed by atoms with Crippen molar-refractivity contribution >= 4 is 18.4 Å². The number of ether oxygens (including phenoxy) is 1. The Morgan fingerprint density at radius 3 is 3.00 bits per heavy atom. The van der Waals surface area contributed by atoms with Gasteiger partial charge >= 0.3 is 5.97 Å². The van der Waals surface area contributed by atoms with E-state index in [1.54, 1.807) is 12.4 Å². The number of carbonyl (C=O) groups is 1. The summed E-state index contributed by atoms with van der Waals surface area (Å²) >= 11 is 0. The zero-order chi connectivity index (χ0) is 7.40. The van der Waals surface area contributed by atoms with E-state index < -0.39 is 0 Å². The molecular formula is C6H9ClN2O2. The third-order valence-corrected chi connectivity index (χ3v) is 1.13. The Labute approximate surface area is 70.4 Å². The minimum absolute atomic E-state index is 0. The molecule has 1 aromatic heterocycles. The fourth-order valence-electron chi connectivity index (χ4n) is 0.613. The first-order valence-electron chi connectivity index (χ1n) is 2.87. The van der Waals surface area contributed by atoms with Gasteiger partial charge in [-0.05, 0) is 0 Å². The van der Waals surface area contributed by atoms with Crippen LogP contribution < -0.4 is 0 Å². The van der Waals surface area contributed by atoms with Crippen LogP contribution in [0.4, 0.5) is 0 Å². The lowest BCUT2D eigenvalue weighted by Crippen LogP contribution is -2.03. The topological polar surface area (TPSA) is 55.0 Å². The zero-order valence-electron chi connectivity index (χ0n) is 6.03. The molecule has 0 fully saturated rings. The molecule has 4 nitrogen and oxygen atoms in total. The Kier molecular flexibility index (Phi) is 4.29. The summed E-state index contributed by atoms with van der Waals surface area (Å²) in [4.78, 5) is 10.6. The van der Waals surface area contributed by atoms with E-state index in [-0.39, 0.29) is 24.8 Å². The largest absolute Gasteiger partial charge is 0.469 e. The minimum Gasteiger partial charge on any atom is -0.469 e. The molecule has 62 valence electrons. The molecule has 0 radical (unpaired) electrons. The number of nitrogens with zero attached hydrogens (tertiary/aromatic N) is 1. The van der Waals surface area contributed by atoms with E-state index in [1.807, 2.05) is 0 Å². The maximum absolute atomic E-state index is 10.6. The number of nitrogens with one attached hydrogen (secondary N) is 1. The Bertz CT molecular complexity index is 210. The quantitative estimate of drug-likeness (QED) is 0.670.